The molecule has 1 N–H and O–H groups in total. The minimum absolute atomic E-state index is 0.217. The lowest BCUT2D eigenvalue weighted by atomic mass is 10.1. The molecular formula is C14H18N2O. The number of hydrogen-bond donors (Lipinski definition) is 1. The molecule has 0 saturated carbocycles. The molecule has 3 rings (SSSR count). The molecular weight excluding hydrogens is 212 g/mol. The molecule has 3 nitrogen and oxygen atoms in total. The van der Waals surface area contributed by atoms with Gasteiger partial charge in [0, 0.05) is 42.1 Å². The van der Waals surface area contributed by atoms with E-state index in [0.29, 0.717) is 4.90 Å². The maximum Gasteiger partial charge on any atom is 0.0594 e. The summed E-state index contributed by atoms with van der Waals surface area (Å²) in [6.07, 6.45) is 1.95. The van der Waals surface area contributed by atoms with Crippen molar-refractivity contribution < 1.29 is 15.7 Å². The molecule has 0 radical (unpaired) electrons. The monoisotopic (exact) mass is 238 g/mol. The molecule has 1 aliphatic rings. The molecule has 2 heterocycles. The fourth-order valence-electron chi connectivity index (χ4n) is 1.89. The maximum atomic E-state index is 7.99. The van der Waals surface area contributed by atoms with E-state index < -0.39 is 26.1 Å². The number of morpholine rings is 1. The standard InChI is InChI=1S/C14H18N2O/c1-2-4-14-13(3-1)12(11-15-14)5-6-16-7-9-17-10-8-16/h1-4,11,15H,5-10H2/i7D2,8D2,9D2,10D2. The Morgan fingerprint density at radius 3 is 3.00 bits per heavy atom. The van der Waals surface area contributed by atoms with E-state index in [4.69, 9.17) is 11.0 Å². The molecule has 0 amide bonds. The summed E-state index contributed by atoms with van der Waals surface area (Å²) < 4.78 is 67.2. The number of hydrogen-bond acceptors (Lipinski definition) is 2. The summed E-state index contributed by atoms with van der Waals surface area (Å²) in [6.45, 7) is -11.9. The largest absolute Gasteiger partial charge is 0.379 e. The highest BCUT2D eigenvalue weighted by molar-refractivity contribution is 5.83. The number of nitrogens with one attached hydrogen (secondary N) is 1. The molecule has 1 saturated heterocycles. The maximum absolute atomic E-state index is 7.99. The van der Waals surface area contributed by atoms with E-state index in [-0.39, 0.29) is 13.0 Å². The third-order valence-electron chi connectivity index (χ3n) is 2.74. The molecule has 1 fully saturated rings. The fourth-order valence-corrected chi connectivity index (χ4v) is 1.89. The van der Waals surface area contributed by atoms with Gasteiger partial charge in [-0.2, -0.15) is 0 Å². The molecule has 90 valence electrons. The van der Waals surface area contributed by atoms with Gasteiger partial charge in [0.15, 0.2) is 0 Å². The van der Waals surface area contributed by atoms with E-state index in [2.05, 4.69) is 9.72 Å². The molecule has 0 aliphatic carbocycles. The van der Waals surface area contributed by atoms with E-state index in [1.165, 1.54) is 0 Å². The van der Waals surface area contributed by atoms with E-state index in [0.717, 1.165) is 16.5 Å². The van der Waals surface area contributed by atoms with Gasteiger partial charge in [-0.15, -0.1) is 0 Å². The van der Waals surface area contributed by atoms with Crippen LogP contribution in [0.3, 0.4) is 0 Å². The van der Waals surface area contributed by atoms with Gasteiger partial charge in [0.25, 0.3) is 0 Å². The summed E-state index contributed by atoms with van der Waals surface area (Å²) in [5.74, 6) is 0. The highest BCUT2D eigenvalue weighted by atomic mass is 16.5. The second kappa shape index (κ2) is 4.90. The summed E-state index contributed by atoms with van der Waals surface area (Å²) in [5.41, 5.74) is 1.70. The van der Waals surface area contributed by atoms with Crippen LogP contribution in [-0.4, -0.2) is 42.5 Å². The van der Waals surface area contributed by atoms with E-state index >= 15 is 0 Å². The minimum atomic E-state index is -3.00. The van der Waals surface area contributed by atoms with Crippen molar-refractivity contribution in [3.63, 3.8) is 0 Å². The third kappa shape index (κ3) is 2.35. The van der Waals surface area contributed by atoms with Gasteiger partial charge in [0.2, 0.25) is 0 Å². The van der Waals surface area contributed by atoms with Crippen LogP contribution in [0, 0.1) is 0 Å². The molecule has 1 aliphatic heterocycles. The number of aromatic amines is 1. The molecule has 0 unspecified atom stereocenters. The van der Waals surface area contributed by atoms with Gasteiger partial charge in [-0.05, 0) is 18.1 Å². The molecule has 2 aromatic rings. The summed E-state index contributed by atoms with van der Waals surface area (Å²) in [5, 5.41) is 0.905. The number of ether oxygens (including phenoxy) is 1. The zero-order valence-electron chi connectivity index (χ0n) is 17.2. The number of para-hydroxylation sites is 1. The Balaban J connectivity index is 1.93. The van der Waals surface area contributed by atoms with Gasteiger partial charge >= 0.3 is 0 Å². The first-order chi connectivity index (χ1) is 11.4. The van der Waals surface area contributed by atoms with Crippen molar-refractivity contribution in [1.29, 1.82) is 0 Å². The van der Waals surface area contributed by atoms with Gasteiger partial charge < -0.3 is 9.72 Å². The van der Waals surface area contributed by atoms with Crippen molar-refractivity contribution in [2.24, 2.45) is 0 Å². The first kappa shape index (κ1) is 5.12. The quantitative estimate of drug-likeness (QED) is 0.886. The van der Waals surface area contributed by atoms with Crippen LogP contribution >= 0.6 is 0 Å². The molecule has 0 bridgehead atoms. The lowest BCUT2D eigenvalue weighted by Crippen LogP contribution is -2.37. The summed E-state index contributed by atoms with van der Waals surface area (Å²) in [4.78, 5) is 3.65. The van der Waals surface area contributed by atoms with Crippen LogP contribution in [0.1, 0.15) is 16.5 Å². The Kier molecular flexibility index (Phi) is 1.48. The molecule has 17 heavy (non-hydrogen) atoms. The van der Waals surface area contributed by atoms with Gasteiger partial charge in [-0.1, -0.05) is 18.2 Å². The van der Waals surface area contributed by atoms with Crippen molar-refractivity contribution in [2.75, 3.05) is 32.7 Å². The highest BCUT2D eigenvalue weighted by Crippen LogP contribution is 2.18. The predicted octanol–water partition coefficient (Wildman–Crippen LogP) is 2.04. The highest BCUT2D eigenvalue weighted by Gasteiger charge is 2.11. The van der Waals surface area contributed by atoms with Crippen LogP contribution in [0.15, 0.2) is 30.5 Å². The average Bonchev–Trinajstić information content (AvgIpc) is 2.88. The molecule has 1 aromatic carbocycles. The number of benzene rings is 1. The average molecular weight is 238 g/mol. The van der Waals surface area contributed by atoms with Crippen molar-refractivity contribution in [1.82, 2.24) is 9.88 Å². The second-order valence-corrected chi connectivity index (χ2v) is 3.79. The van der Waals surface area contributed by atoms with Crippen molar-refractivity contribution >= 4 is 10.9 Å². The van der Waals surface area contributed by atoms with Crippen molar-refractivity contribution in [3.8, 4) is 0 Å². The van der Waals surface area contributed by atoms with E-state index in [1.807, 2.05) is 24.3 Å². The summed E-state index contributed by atoms with van der Waals surface area (Å²) in [7, 11) is 0. The molecule has 0 atom stereocenters. The fraction of sp³-hybridized carbons (Fsp3) is 0.429. The zero-order valence-corrected chi connectivity index (χ0v) is 9.16. The lowest BCUT2D eigenvalue weighted by Gasteiger charge is -2.26. The number of fused-ring (bicyclic) bond motifs is 1. The number of nitrogens with zero attached hydrogens (tertiary/aromatic N) is 1. The van der Waals surface area contributed by atoms with Crippen LogP contribution in [-0.2, 0) is 11.2 Å². The predicted molar refractivity (Wildman–Crippen MR) is 69.3 cm³/mol. The zero-order chi connectivity index (χ0) is 18.7. The Labute approximate surface area is 113 Å². The molecule has 0 spiro atoms. The van der Waals surface area contributed by atoms with Gasteiger partial charge in [0.05, 0.1) is 18.6 Å². The smallest absolute Gasteiger partial charge is 0.0594 e. The Morgan fingerprint density at radius 1 is 1.29 bits per heavy atom. The second-order valence-electron chi connectivity index (χ2n) is 3.79. The van der Waals surface area contributed by atoms with Crippen LogP contribution in [0.25, 0.3) is 10.9 Å². The van der Waals surface area contributed by atoms with Crippen LogP contribution < -0.4 is 0 Å². The Morgan fingerprint density at radius 2 is 2.12 bits per heavy atom. The van der Waals surface area contributed by atoms with Crippen molar-refractivity contribution in [3.05, 3.63) is 36.0 Å². The van der Waals surface area contributed by atoms with Gasteiger partial charge in [0.1, 0.15) is 0 Å². The summed E-state index contributed by atoms with van der Waals surface area (Å²) >= 11 is 0. The van der Waals surface area contributed by atoms with E-state index in [1.54, 1.807) is 6.20 Å². The van der Waals surface area contributed by atoms with Gasteiger partial charge in [-0.25, -0.2) is 0 Å². The lowest BCUT2D eigenvalue weighted by molar-refractivity contribution is 0.0385. The summed E-state index contributed by atoms with van der Waals surface area (Å²) in [6, 6.07) is 7.47. The minimum Gasteiger partial charge on any atom is -0.379 e. The van der Waals surface area contributed by atoms with E-state index in [9.17, 15) is 0 Å². The topological polar surface area (TPSA) is 28.3 Å². The van der Waals surface area contributed by atoms with Crippen LogP contribution in [0.5, 0.6) is 0 Å². The SMILES string of the molecule is [2H]C1([2H])OC([2H])([2H])C([2H])([2H])N(CCc2c[nH]c3ccccc23)C1([2H])[2H]. The normalized spacial score (nSPS) is 36.5. The first-order valence-electron chi connectivity index (χ1n) is 9.43. The number of H-pyrrole nitrogens is 1. The first-order valence-corrected chi connectivity index (χ1v) is 5.43. The van der Waals surface area contributed by atoms with Crippen LogP contribution in [0.4, 0.5) is 0 Å². The third-order valence-corrected chi connectivity index (χ3v) is 2.74. The Bertz CT molecular complexity index is 762. The number of aromatic nitrogens is 1. The van der Waals surface area contributed by atoms with Crippen molar-refractivity contribution in [2.45, 2.75) is 6.42 Å². The Hall–Kier alpha value is -1.32. The van der Waals surface area contributed by atoms with Crippen LogP contribution in [0.2, 0.25) is 0 Å². The molecule has 3 heteroatoms. The molecule has 1 aromatic heterocycles. The van der Waals surface area contributed by atoms with Gasteiger partial charge in [-0.3, -0.25) is 4.90 Å². The number of rotatable bonds is 3.